The summed E-state index contributed by atoms with van der Waals surface area (Å²) in [6, 6.07) is 12.7. The normalized spacial score (nSPS) is 15.5. The van der Waals surface area contributed by atoms with Gasteiger partial charge in [-0.1, -0.05) is 12.1 Å². The lowest BCUT2D eigenvalue weighted by Crippen LogP contribution is -2.28. The highest BCUT2D eigenvalue weighted by Gasteiger charge is 2.17. The number of carbonyl (C=O) groups is 2. The largest absolute Gasteiger partial charge is 0.454 e. The van der Waals surface area contributed by atoms with Crippen LogP contribution in [-0.2, 0) is 9.53 Å². The lowest BCUT2D eigenvalue weighted by molar-refractivity contribution is -0.113. The molecular formula is C23H26N2O5S. The van der Waals surface area contributed by atoms with Gasteiger partial charge >= 0.3 is 0 Å². The number of hydrogen-bond acceptors (Lipinski definition) is 6. The number of ether oxygens (including phenoxy) is 3. The first-order valence-electron chi connectivity index (χ1n) is 10.5. The minimum absolute atomic E-state index is 0.105. The minimum Gasteiger partial charge on any atom is -0.454 e. The molecule has 2 aromatic rings. The fraction of sp³-hybridized carbons (Fsp3) is 0.391. The zero-order chi connectivity index (χ0) is 21.5. The van der Waals surface area contributed by atoms with Crippen molar-refractivity contribution in [1.29, 1.82) is 0 Å². The molecule has 0 atom stereocenters. The Labute approximate surface area is 185 Å². The SMILES string of the molecule is O=C(CSc1ccccc1C(=O)NCCC1CCOCC1)Nc1ccc2c(c1)OCO2. The Hall–Kier alpha value is -2.71. The molecule has 1 saturated heterocycles. The smallest absolute Gasteiger partial charge is 0.252 e. The molecule has 0 radical (unpaired) electrons. The van der Waals surface area contributed by atoms with E-state index in [1.54, 1.807) is 24.3 Å². The molecule has 4 rings (SSSR count). The van der Waals surface area contributed by atoms with Crippen LogP contribution in [0.5, 0.6) is 11.5 Å². The van der Waals surface area contributed by atoms with Gasteiger partial charge in [0, 0.05) is 36.4 Å². The molecule has 0 aliphatic carbocycles. The fourth-order valence-corrected chi connectivity index (χ4v) is 4.46. The van der Waals surface area contributed by atoms with Gasteiger partial charge in [0.05, 0.1) is 11.3 Å². The topological polar surface area (TPSA) is 85.9 Å². The van der Waals surface area contributed by atoms with Crippen molar-refractivity contribution >= 4 is 29.3 Å². The highest BCUT2D eigenvalue weighted by atomic mass is 32.2. The maximum absolute atomic E-state index is 12.7. The van der Waals surface area contributed by atoms with Crippen LogP contribution in [-0.4, -0.2) is 44.1 Å². The Balaban J connectivity index is 1.27. The predicted molar refractivity (Wildman–Crippen MR) is 119 cm³/mol. The second kappa shape index (κ2) is 10.5. The van der Waals surface area contributed by atoms with Crippen LogP contribution in [0.15, 0.2) is 47.4 Å². The highest BCUT2D eigenvalue weighted by molar-refractivity contribution is 8.00. The summed E-state index contributed by atoms with van der Waals surface area (Å²) < 4.78 is 16.0. The van der Waals surface area contributed by atoms with Crippen molar-refractivity contribution in [3.8, 4) is 11.5 Å². The van der Waals surface area contributed by atoms with Gasteiger partial charge in [-0.05, 0) is 49.4 Å². The summed E-state index contributed by atoms with van der Waals surface area (Å²) >= 11 is 1.34. The number of carbonyl (C=O) groups excluding carboxylic acids is 2. The molecule has 0 bridgehead atoms. The van der Waals surface area contributed by atoms with Gasteiger partial charge in [0.1, 0.15) is 0 Å². The van der Waals surface area contributed by atoms with E-state index in [1.165, 1.54) is 11.8 Å². The average Bonchev–Trinajstić information content (AvgIpc) is 3.26. The van der Waals surface area contributed by atoms with E-state index in [0.29, 0.717) is 35.2 Å². The van der Waals surface area contributed by atoms with Crippen molar-refractivity contribution in [2.75, 3.05) is 37.6 Å². The van der Waals surface area contributed by atoms with Gasteiger partial charge in [0.2, 0.25) is 12.7 Å². The quantitative estimate of drug-likeness (QED) is 0.607. The van der Waals surface area contributed by atoms with Crippen molar-refractivity contribution in [2.24, 2.45) is 5.92 Å². The van der Waals surface area contributed by atoms with E-state index in [0.717, 1.165) is 37.4 Å². The Morgan fingerprint density at radius 1 is 1.03 bits per heavy atom. The monoisotopic (exact) mass is 442 g/mol. The lowest BCUT2D eigenvalue weighted by atomic mass is 9.97. The van der Waals surface area contributed by atoms with Crippen molar-refractivity contribution in [3.63, 3.8) is 0 Å². The molecule has 2 heterocycles. The Kier molecular flexibility index (Phi) is 7.32. The number of amides is 2. The third-order valence-corrected chi connectivity index (χ3v) is 6.40. The van der Waals surface area contributed by atoms with E-state index < -0.39 is 0 Å². The molecule has 2 aliphatic heterocycles. The van der Waals surface area contributed by atoms with Crippen molar-refractivity contribution in [3.05, 3.63) is 48.0 Å². The Morgan fingerprint density at radius 3 is 2.71 bits per heavy atom. The van der Waals surface area contributed by atoms with Crippen LogP contribution < -0.4 is 20.1 Å². The first-order chi connectivity index (χ1) is 15.2. The van der Waals surface area contributed by atoms with Crippen LogP contribution in [0, 0.1) is 5.92 Å². The molecule has 1 fully saturated rings. The molecule has 164 valence electrons. The summed E-state index contributed by atoms with van der Waals surface area (Å²) in [5, 5.41) is 5.87. The molecule has 2 N–H and O–H groups in total. The van der Waals surface area contributed by atoms with E-state index in [-0.39, 0.29) is 24.4 Å². The van der Waals surface area contributed by atoms with Crippen LogP contribution in [0.1, 0.15) is 29.6 Å². The fourth-order valence-electron chi connectivity index (χ4n) is 3.61. The number of thioether (sulfide) groups is 1. The van der Waals surface area contributed by atoms with Crippen molar-refractivity contribution in [1.82, 2.24) is 5.32 Å². The number of nitrogens with one attached hydrogen (secondary N) is 2. The predicted octanol–water partition coefficient (Wildman–Crippen LogP) is 3.69. The molecule has 7 nitrogen and oxygen atoms in total. The van der Waals surface area contributed by atoms with E-state index in [9.17, 15) is 9.59 Å². The zero-order valence-corrected chi connectivity index (χ0v) is 18.0. The third kappa shape index (κ3) is 5.92. The van der Waals surface area contributed by atoms with Crippen LogP contribution >= 0.6 is 11.8 Å². The molecule has 2 amide bonds. The van der Waals surface area contributed by atoms with E-state index in [4.69, 9.17) is 14.2 Å². The van der Waals surface area contributed by atoms with Gasteiger partial charge in [-0.2, -0.15) is 0 Å². The molecule has 2 aliphatic rings. The average molecular weight is 443 g/mol. The van der Waals surface area contributed by atoms with E-state index in [2.05, 4.69) is 10.6 Å². The first kappa shape index (κ1) is 21.5. The van der Waals surface area contributed by atoms with Crippen LogP contribution in [0.2, 0.25) is 0 Å². The number of rotatable bonds is 8. The number of hydrogen-bond donors (Lipinski definition) is 2. The van der Waals surface area contributed by atoms with Gasteiger partial charge in [-0.3, -0.25) is 9.59 Å². The summed E-state index contributed by atoms with van der Waals surface area (Å²) in [6.45, 7) is 2.46. The molecule has 0 unspecified atom stereocenters. The second-order valence-corrected chi connectivity index (χ2v) is 8.52. The summed E-state index contributed by atoms with van der Waals surface area (Å²) in [4.78, 5) is 25.9. The molecule has 2 aromatic carbocycles. The van der Waals surface area contributed by atoms with Crippen LogP contribution in [0.25, 0.3) is 0 Å². The van der Waals surface area contributed by atoms with E-state index >= 15 is 0 Å². The van der Waals surface area contributed by atoms with Crippen LogP contribution in [0.4, 0.5) is 5.69 Å². The number of fused-ring (bicyclic) bond motifs is 1. The van der Waals surface area contributed by atoms with E-state index in [1.807, 2.05) is 18.2 Å². The van der Waals surface area contributed by atoms with Gasteiger partial charge in [-0.15, -0.1) is 11.8 Å². The number of anilines is 1. The summed E-state index contributed by atoms with van der Waals surface area (Å²) in [5.74, 6) is 1.83. The zero-order valence-electron chi connectivity index (χ0n) is 17.2. The molecule has 8 heteroatoms. The standard InChI is InChI=1S/C23H26N2O5S/c26-22(25-17-5-6-19-20(13-17)30-15-29-19)14-31-21-4-2-1-3-18(21)23(27)24-10-7-16-8-11-28-12-9-16/h1-6,13,16H,7-12,14-15H2,(H,24,27)(H,25,26). The van der Waals surface area contributed by atoms with Gasteiger partial charge < -0.3 is 24.8 Å². The highest BCUT2D eigenvalue weighted by Crippen LogP contribution is 2.34. The summed E-state index contributed by atoms with van der Waals surface area (Å²) in [5.41, 5.74) is 1.24. The van der Waals surface area contributed by atoms with Crippen LogP contribution in [0.3, 0.4) is 0 Å². The second-order valence-electron chi connectivity index (χ2n) is 7.50. The van der Waals surface area contributed by atoms with Crippen molar-refractivity contribution < 1.29 is 23.8 Å². The Morgan fingerprint density at radius 2 is 1.84 bits per heavy atom. The Bertz CT molecular complexity index is 930. The lowest BCUT2D eigenvalue weighted by Gasteiger charge is -2.22. The molecule has 31 heavy (non-hydrogen) atoms. The maximum Gasteiger partial charge on any atom is 0.252 e. The molecular weight excluding hydrogens is 416 g/mol. The molecule has 0 aromatic heterocycles. The van der Waals surface area contributed by atoms with Gasteiger partial charge in [-0.25, -0.2) is 0 Å². The number of benzene rings is 2. The molecule has 0 saturated carbocycles. The summed E-state index contributed by atoms with van der Waals surface area (Å²) in [7, 11) is 0. The summed E-state index contributed by atoms with van der Waals surface area (Å²) in [6.07, 6.45) is 3.07. The third-order valence-electron chi connectivity index (χ3n) is 5.33. The van der Waals surface area contributed by atoms with Crippen molar-refractivity contribution in [2.45, 2.75) is 24.2 Å². The first-order valence-corrected chi connectivity index (χ1v) is 11.4. The molecule has 0 spiro atoms. The minimum atomic E-state index is -0.154. The van der Waals surface area contributed by atoms with Gasteiger partial charge in [0.25, 0.3) is 5.91 Å². The maximum atomic E-state index is 12.7. The van der Waals surface area contributed by atoms with Gasteiger partial charge in [0.15, 0.2) is 11.5 Å².